The number of nitrogens with one attached hydrogen (secondary N) is 1. The molecule has 1 N–H and O–H groups in total. The lowest BCUT2D eigenvalue weighted by molar-refractivity contribution is -0.132. The van der Waals surface area contributed by atoms with E-state index in [4.69, 9.17) is 4.74 Å². The molecule has 0 atom stereocenters. The Morgan fingerprint density at radius 3 is 2.64 bits per heavy atom. The Morgan fingerprint density at radius 2 is 1.86 bits per heavy atom. The molecule has 5 heteroatoms. The molecule has 0 aromatic heterocycles. The number of rotatable bonds is 5. The lowest BCUT2D eigenvalue weighted by Crippen LogP contribution is -2.39. The van der Waals surface area contributed by atoms with Crippen LogP contribution in [0.4, 0.5) is 5.69 Å². The number of fused-ring (bicyclic) bond motifs is 1. The predicted octanol–water partition coefficient (Wildman–Crippen LogP) is 3.43. The molecule has 1 saturated heterocycles. The third-order valence-electron chi connectivity index (χ3n) is 5.64. The number of ether oxygens (including phenoxy) is 1. The zero-order valence-electron chi connectivity index (χ0n) is 16.0. The van der Waals surface area contributed by atoms with Crippen molar-refractivity contribution in [3.63, 3.8) is 0 Å². The molecule has 0 spiro atoms. The van der Waals surface area contributed by atoms with Crippen LogP contribution in [0.3, 0.4) is 0 Å². The molecular formula is C23H26N2O3. The van der Waals surface area contributed by atoms with Gasteiger partial charge in [0.25, 0.3) is 5.91 Å². The van der Waals surface area contributed by atoms with Gasteiger partial charge >= 0.3 is 0 Å². The van der Waals surface area contributed by atoms with Crippen molar-refractivity contribution in [1.29, 1.82) is 0 Å². The van der Waals surface area contributed by atoms with Crippen LogP contribution in [0.25, 0.3) is 0 Å². The standard InChI is InChI=1S/C23H26N2O3/c26-22-16-28-21-8-6-18(15-20(21)24-22)7-9-23(27)25-12-10-19(11-13-25)14-17-4-2-1-3-5-17/h1-6,8,15,19H,7,9-14,16H2,(H,24,26). The van der Waals surface area contributed by atoms with Crippen LogP contribution >= 0.6 is 0 Å². The summed E-state index contributed by atoms with van der Waals surface area (Å²) in [6.07, 6.45) is 4.42. The Balaban J connectivity index is 1.25. The Bertz CT molecular complexity index is 842. The first-order chi connectivity index (χ1) is 13.7. The minimum atomic E-state index is -0.140. The molecule has 28 heavy (non-hydrogen) atoms. The van der Waals surface area contributed by atoms with E-state index in [1.165, 1.54) is 5.56 Å². The van der Waals surface area contributed by atoms with Crippen LogP contribution in [0.15, 0.2) is 48.5 Å². The first-order valence-corrected chi connectivity index (χ1v) is 10.0. The fraction of sp³-hybridized carbons (Fsp3) is 0.391. The summed E-state index contributed by atoms with van der Waals surface area (Å²) >= 11 is 0. The van der Waals surface area contributed by atoms with Crippen molar-refractivity contribution in [2.45, 2.75) is 32.1 Å². The van der Waals surface area contributed by atoms with Gasteiger partial charge in [0, 0.05) is 19.5 Å². The molecule has 4 rings (SSSR count). The van der Waals surface area contributed by atoms with Gasteiger partial charge in [-0.2, -0.15) is 0 Å². The molecule has 2 amide bonds. The Hall–Kier alpha value is -2.82. The molecule has 5 nitrogen and oxygen atoms in total. The number of benzene rings is 2. The number of carbonyl (C=O) groups is 2. The lowest BCUT2D eigenvalue weighted by atomic mass is 9.90. The van der Waals surface area contributed by atoms with Gasteiger partial charge in [-0.3, -0.25) is 9.59 Å². The summed E-state index contributed by atoms with van der Waals surface area (Å²) in [6, 6.07) is 16.3. The van der Waals surface area contributed by atoms with Crippen LogP contribution in [0.1, 0.15) is 30.4 Å². The normalized spacial score (nSPS) is 16.9. The molecule has 2 aromatic rings. The molecule has 2 heterocycles. The molecule has 0 saturated carbocycles. The Kier molecular flexibility index (Phi) is 5.60. The van der Waals surface area contributed by atoms with E-state index in [9.17, 15) is 9.59 Å². The first-order valence-electron chi connectivity index (χ1n) is 10.0. The molecular weight excluding hydrogens is 352 g/mol. The van der Waals surface area contributed by atoms with Gasteiger partial charge in [0.15, 0.2) is 6.61 Å². The van der Waals surface area contributed by atoms with E-state index < -0.39 is 0 Å². The van der Waals surface area contributed by atoms with Gasteiger partial charge in [0.1, 0.15) is 5.75 Å². The second-order valence-corrected chi connectivity index (χ2v) is 7.68. The topological polar surface area (TPSA) is 58.6 Å². The minimum Gasteiger partial charge on any atom is -0.482 e. The van der Waals surface area contributed by atoms with E-state index in [0.29, 0.717) is 30.2 Å². The fourth-order valence-electron chi connectivity index (χ4n) is 4.03. The smallest absolute Gasteiger partial charge is 0.262 e. The highest BCUT2D eigenvalue weighted by molar-refractivity contribution is 5.95. The third-order valence-corrected chi connectivity index (χ3v) is 5.64. The van der Waals surface area contributed by atoms with E-state index >= 15 is 0 Å². The van der Waals surface area contributed by atoms with Crippen molar-refractivity contribution in [3.05, 3.63) is 59.7 Å². The predicted molar refractivity (Wildman–Crippen MR) is 108 cm³/mol. The summed E-state index contributed by atoms with van der Waals surface area (Å²) in [4.78, 5) is 26.1. The number of likely N-dealkylation sites (tertiary alicyclic amines) is 1. The molecule has 0 radical (unpaired) electrons. The Labute approximate surface area is 165 Å². The van der Waals surface area contributed by atoms with Crippen LogP contribution in [0.2, 0.25) is 0 Å². The summed E-state index contributed by atoms with van der Waals surface area (Å²) < 4.78 is 5.38. The molecule has 1 fully saturated rings. The molecule has 2 aliphatic rings. The van der Waals surface area contributed by atoms with Crippen molar-refractivity contribution in [3.8, 4) is 5.75 Å². The Morgan fingerprint density at radius 1 is 1.07 bits per heavy atom. The molecule has 0 unspecified atom stereocenters. The molecule has 2 aromatic carbocycles. The van der Waals surface area contributed by atoms with E-state index in [0.717, 1.165) is 37.9 Å². The van der Waals surface area contributed by atoms with E-state index in [1.54, 1.807) is 0 Å². The highest BCUT2D eigenvalue weighted by Gasteiger charge is 2.23. The third kappa shape index (κ3) is 4.53. The average Bonchev–Trinajstić information content (AvgIpc) is 2.73. The van der Waals surface area contributed by atoms with Gasteiger partial charge < -0.3 is 15.0 Å². The summed E-state index contributed by atoms with van der Waals surface area (Å²) in [6.45, 7) is 1.76. The van der Waals surface area contributed by atoms with E-state index in [2.05, 4.69) is 29.6 Å². The zero-order valence-corrected chi connectivity index (χ0v) is 16.0. The van der Waals surface area contributed by atoms with Gasteiger partial charge in [-0.15, -0.1) is 0 Å². The molecule has 0 aliphatic carbocycles. The zero-order chi connectivity index (χ0) is 19.3. The maximum absolute atomic E-state index is 12.6. The quantitative estimate of drug-likeness (QED) is 0.867. The molecule has 0 bridgehead atoms. The number of anilines is 1. The van der Waals surface area contributed by atoms with Crippen molar-refractivity contribution in [2.24, 2.45) is 5.92 Å². The van der Waals surface area contributed by atoms with Crippen LogP contribution in [-0.2, 0) is 22.4 Å². The number of hydrogen-bond acceptors (Lipinski definition) is 3. The van der Waals surface area contributed by atoms with Crippen molar-refractivity contribution >= 4 is 17.5 Å². The monoisotopic (exact) mass is 378 g/mol. The average molecular weight is 378 g/mol. The van der Waals surface area contributed by atoms with Gasteiger partial charge in [-0.05, 0) is 54.9 Å². The summed E-state index contributed by atoms with van der Waals surface area (Å²) in [5.74, 6) is 1.43. The first kappa shape index (κ1) is 18.5. The number of piperidine rings is 1. The molecule has 2 aliphatic heterocycles. The van der Waals surface area contributed by atoms with E-state index in [-0.39, 0.29) is 18.4 Å². The van der Waals surface area contributed by atoms with Gasteiger partial charge in [-0.25, -0.2) is 0 Å². The van der Waals surface area contributed by atoms with E-state index in [1.807, 2.05) is 29.2 Å². The van der Waals surface area contributed by atoms with Crippen LogP contribution in [0.5, 0.6) is 5.75 Å². The van der Waals surface area contributed by atoms with Gasteiger partial charge in [0.2, 0.25) is 5.91 Å². The van der Waals surface area contributed by atoms with Crippen molar-refractivity contribution in [1.82, 2.24) is 4.90 Å². The summed E-state index contributed by atoms with van der Waals surface area (Å²) in [5.41, 5.74) is 3.12. The van der Waals surface area contributed by atoms with Crippen molar-refractivity contribution in [2.75, 3.05) is 25.0 Å². The number of carbonyl (C=O) groups excluding carboxylic acids is 2. The second-order valence-electron chi connectivity index (χ2n) is 7.68. The highest BCUT2D eigenvalue weighted by atomic mass is 16.5. The number of hydrogen-bond donors (Lipinski definition) is 1. The number of amides is 2. The minimum absolute atomic E-state index is 0.0606. The number of aryl methyl sites for hydroxylation is 1. The SMILES string of the molecule is O=C1COc2ccc(CCC(=O)N3CCC(Cc4ccccc4)CC3)cc2N1. The summed E-state index contributed by atoms with van der Waals surface area (Å²) in [5, 5.41) is 2.82. The largest absolute Gasteiger partial charge is 0.482 e. The van der Waals surface area contributed by atoms with Crippen LogP contribution in [-0.4, -0.2) is 36.4 Å². The van der Waals surface area contributed by atoms with Gasteiger partial charge in [-0.1, -0.05) is 36.4 Å². The van der Waals surface area contributed by atoms with Crippen molar-refractivity contribution < 1.29 is 14.3 Å². The maximum Gasteiger partial charge on any atom is 0.262 e. The van der Waals surface area contributed by atoms with Crippen LogP contribution < -0.4 is 10.1 Å². The van der Waals surface area contributed by atoms with Crippen LogP contribution in [0, 0.1) is 5.92 Å². The number of nitrogens with zero attached hydrogens (tertiary/aromatic N) is 1. The maximum atomic E-state index is 12.6. The lowest BCUT2D eigenvalue weighted by Gasteiger charge is -2.32. The second kappa shape index (κ2) is 8.46. The van der Waals surface area contributed by atoms with Gasteiger partial charge in [0.05, 0.1) is 5.69 Å². The molecule has 146 valence electrons. The fourth-order valence-corrected chi connectivity index (χ4v) is 4.03. The highest BCUT2D eigenvalue weighted by Crippen LogP contribution is 2.29. The summed E-state index contributed by atoms with van der Waals surface area (Å²) in [7, 11) is 0.